The highest BCUT2D eigenvalue weighted by atomic mass is 16.2. The van der Waals surface area contributed by atoms with Crippen LogP contribution in [0.15, 0.2) is 48.5 Å². The zero-order valence-corrected chi connectivity index (χ0v) is 12.1. The second-order valence-electron chi connectivity index (χ2n) is 5.80. The summed E-state index contributed by atoms with van der Waals surface area (Å²) in [5, 5.41) is 9.24. The molecule has 104 valence electrons. The molecule has 0 unspecified atom stereocenters. The number of anilines is 1. The van der Waals surface area contributed by atoms with Crippen molar-refractivity contribution >= 4 is 11.6 Å². The molecule has 0 aliphatic carbocycles. The molecule has 3 rings (SSSR count). The first kappa shape index (κ1) is 13.4. The number of fused-ring (bicyclic) bond motifs is 3. The Balaban J connectivity index is 2.15. The lowest BCUT2D eigenvalue weighted by Gasteiger charge is -2.34. The Morgan fingerprint density at radius 2 is 1.71 bits per heavy atom. The monoisotopic (exact) mass is 276 g/mol. The highest BCUT2D eigenvalue weighted by Gasteiger charge is 2.35. The van der Waals surface area contributed by atoms with Crippen LogP contribution in [-0.2, 0) is 11.3 Å². The highest BCUT2D eigenvalue weighted by molar-refractivity contribution is 6.03. The molecule has 3 nitrogen and oxygen atoms in total. The van der Waals surface area contributed by atoms with E-state index in [2.05, 4.69) is 12.1 Å². The maximum absolute atomic E-state index is 12.7. The van der Waals surface area contributed by atoms with Crippen LogP contribution in [0, 0.1) is 16.7 Å². The molecule has 0 saturated heterocycles. The summed E-state index contributed by atoms with van der Waals surface area (Å²) >= 11 is 0. The number of benzene rings is 2. The lowest BCUT2D eigenvalue weighted by Crippen LogP contribution is -2.41. The third kappa shape index (κ3) is 2.09. The van der Waals surface area contributed by atoms with Gasteiger partial charge in [-0.25, -0.2) is 0 Å². The first-order valence-corrected chi connectivity index (χ1v) is 6.95. The summed E-state index contributed by atoms with van der Waals surface area (Å²) in [7, 11) is 0. The maximum Gasteiger partial charge on any atom is 0.247 e. The number of rotatable bonds is 1. The third-order valence-electron chi connectivity index (χ3n) is 3.89. The Bertz CT molecular complexity index is 756. The Labute approximate surface area is 124 Å². The van der Waals surface area contributed by atoms with Gasteiger partial charge in [0.05, 0.1) is 18.3 Å². The standard InChI is InChI=1S/C18H16N2O/c1-18(2,12-19)17(21)20-11-13-7-3-4-8-14(13)15-9-5-6-10-16(15)20/h3-10H,11H2,1-2H3. The number of amides is 1. The maximum atomic E-state index is 12.7. The molecule has 2 aromatic carbocycles. The summed E-state index contributed by atoms with van der Waals surface area (Å²) in [5.41, 5.74) is 3.16. The first-order chi connectivity index (χ1) is 10.0. The minimum absolute atomic E-state index is 0.160. The van der Waals surface area contributed by atoms with Crippen LogP contribution in [0.1, 0.15) is 19.4 Å². The Morgan fingerprint density at radius 3 is 2.43 bits per heavy atom. The summed E-state index contributed by atoms with van der Waals surface area (Å²) < 4.78 is 0. The van der Waals surface area contributed by atoms with Gasteiger partial charge in [-0.15, -0.1) is 0 Å². The van der Waals surface area contributed by atoms with Gasteiger partial charge in [0.15, 0.2) is 0 Å². The van der Waals surface area contributed by atoms with E-state index in [0.29, 0.717) is 6.54 Å². The van der Waals surface area contributed by atoms with Crippen molar-refractivity contribution in [3.63, 3.8) is 0 Å². The number of nitriles is 1. The van der Waals surface area contributed by atoms with Crippen LogP contribution in [0.25, 0.3) is 11.1 Å². The van der Waals surface area contributed by atoms with E-state index in [9.17, 15) is 10.1 Å². The van der Waals surface area contributed by atoms with Gasteiger partial charge in [-0.3, -0.25) is 4.79 Å². The van der Waals surface area contributed by atoms with Crippen LogP contribution in [0.3, 0.4) is 0 Å². The number of carbonyl (C=O) groups excluding carboxylic acids is 1. The van der Waals surface area contributed by atoms with Crippen molar-refractivity contribution in [2.24, 2.45) is 5.41 Å². The second kappa shape index (κ2) is 4.75. The fourth-order valence-corrected chi connectivity index (χ4v) is 2.68. The smallest absolute Gasteiger partial charge is 0.247 e. The molecule has 1 aliphatic rings. The molecule has 1 aliphatic heterocycles. The molecule has 0 spiro atoms. The van der Waals surface area contributed by atoms with Crippen molar-refractivity contribution in [2.45, 2.75) is 20.4 Å². The quantitative estimate of drug-likeness (QED) is 0.796. The molecule has 1 amide bonds. The first-order valence-electron chi connectivity index (χ1n) is 6.95. The van der Waals surface area contributed by atoms with Crippen LogP contribution < -0.4 is 4.90 Å². The van der Waals surface area contributed by atoms with Crippen molar-refractivity contribution in [1.82, 2.24) is 0 Å². The van der Waals surface area contributed by atoms with Gasteiger partial charge in [0, 0.05) is 5.56 Å². The molecule has 1 heterocycles. The minimum Gasteiger partial charge on any atom is -0.306 e. The van der Waals surface area contributed by atoms with E-state index in [1.54, 1.807) is 18.7 Å². The summed E-state index contributed by atoms with van der Waals surface area (Å²) in [4.78, 5) is 14.4. The fourth-order valence-electron chi connectivity index (χ4n) is 2.68. The van der Waals surface area contributed by atoms with E-state index in [1.807, 2.05) is 42.5 Å². The fraction of sp³-hybridized carbons (Fsp3) is 0.222. The largest absolute Gasteiger partial charge is 0.306 e. The minimum atomic E-state index is -1.03. The van der Waals surface area contributed by atoms with Gasteiger partial charge in [-0.1, -0.05) is 42.5 Å². The van der Waals surface area contributed by atoms with E-state index < -0.39 is 5.41 Å². The van der Waals surface area contributed by atoms with E-state index >= 15 is 0 Å². The van der Waals surface area contributed by atoms with E-state index in [1.165, 1.54) is 0 Å². The average Bonchev–Trinajstić information content (AvgIpc) is 2.53. The van der Waals surface area contributed by atoms with Gasteiger partial charge < -0.3 is 4.90 Å². The van der Waals surface area contributed by atoms with Crippen LogP contribution in [-0.4, -0.2) is 5.91 Å². The predicted octanol–water partition coefficient (Wildman–Crippen LogP) is 3.75. The van der Waals surface area contributed by atoms with Gasteiger partial charge in [0.2, 0.25) is 5.91 Å². The van der Waals surface area contributed by atoms with Crippen molar-refractivity contribution < 1.29 is 4.79 Å². The van der Waals surface area contributed by atoms with E-state index in [4.69, 9.17) is 0 Å². The summed E-state index contributed by atoms with van der Waals surface area (Å²) in [5.74, 6) is -0.160. The van der Waals surface area contributed by atoms with E-state index in [0.717, 1.165) is 22.4 Å². The molecule has 21 heavy (non-hydrogen) atoms. The number of hydrogen-bond acceptors (Lipinski definition) is 2. The van der Waals surface area contributed by atoms with Gasteiger partial charge in [-0.2, -0.15) is 5.26 Å². The van der Waals surface area contributed by atoms with Crippen LogP contribution in [0.4, 0.5) is 5.69 Å². The van der Waals surface area contributed by atoms with Crippen molar-refractivity contribution in [3.8, 4) is 17.2 Å². The normalized spacial score (nSPS) is 13.1. The zero-order chi connectivity index (χ0) is 15.0. The summed E-state index contributed by atoms with van der Waals surface area (Å²) in [6, 6.07) is 18.0. The molecular formula is C18H16N2O. The van der Waals surface area contributed by atoms with Gasteiger partial charge in [0.25, 0.3) is 0 Å². The molecule has 0 N–H and O–H groups in total. The highest BCUT2D eigenvalue weighted by Crippen LogP contribution is 2.40. The van der Waals surface area contributed by atoms with Crippen LogP contribution in [0.2, 0.25) is 0 Å². The molecule has 0 radical (unpaired) electrons. The molecule has 0 fully saturated rings. The lowest BCUT2D eigenvalue weighted by atomic mass is 9.89. The lowest BCUT2D eigenvalue weighted by molar-refractivity contribution is -0.124. The summed E-state index contributed by atoms with van der Waals surface area (Å²) in [6.07, 6.45) is 0. The molecule has 0 atom stereocenters. The predicted molar refractivity (Wildman–Crippen MR) is 82.5 cm³/mol. The Kier molecular flexibility index (Phi) is 3.03. The van der Waals surface area contributed by atoms with Gasteiger partial charge in [-0.05, 0) is 31.0 Å². The topological polar surface area (TPSA) is 44.1 Å². The van der Waals surface area contributed by atoms with Gasteiger partial charge >= 0.3 is 0 Å². The molecule has 3 heteroatoms. The van der Waals surface area contributed by atoms with Crippen LogP contribution >= 0.6 is 0 Å². The summed E-state index contributed by atoms with van der Waals surface area (Å²) in [6.45, 7) is 3.84. The molecular weight excluding hydrogens is 260 g/mol. The van der Waals surface area contributed by atoms with Gasteiger partial charge in [0.1, 0.15) is 5.41 Å². The number of para-hydroxylation sites is 1. The number of nitrogens with zero attached hydrogens (tertiary/aromatic N) is 2. The molecule has 0 bridgehead atoms. The van der Waals surface area contributed by atoms with Crippen molar-refractivity contribution in [3.05, 3.63) is 54.1 Å². The Hall–Kier alpha value is -2.60. The van der Waals surface area contributed by atoms with E-state index in [-0.39, 0.29) is 5.91 Å². The molecule has 2 aromatic rings. The Morgan fingerprint density at radius 1 is 1.10 bits per heavy atom. The number of carbonyl (C=O) groups is 1. The average molecular weight is 276 g/mol. The van der Waals surface area contributed by atoms with Crippen molar-refractivity contribution in [2.75, 3.05) is 4.90 Å². The van der Waals surface area contributed by atoms with Crippen molar-refractivity contribution in [1.29, 1.82) is 5.26 Å². The SMILES string of the molecule is CC(C)(C#N)C(=O)N1Cc2ccccc2-c2ccccc21. The molecule has 0 aromatic heterocycles. The molecule has 0 saturated carbocycles. The zero-order valence-electron chi connectivity index (χ0n) is 12.1. The van der Waals surface area contributed by atoms with Crippen LogP contribution in [0.5, 0.6) is 0 Å². The second-order valence-corrected chi connectivity index (χ2v) is 5.80. The number of hydrogen-bond donors (Lipinski definition) is 0. The third-order valence-corrected chi connectivity index (χ3v) is 3.89.